The monoisotopic (exact) mass is 297 g/mol. The lowest BCUT2D eigenvalue weighted by molar-refractivity contribution is -0.117. The molecule has 0 fully saturated rings. The lowest BCUT2D eigenvalue weighted by Crippen LogP contribution is -2.25. The number of aromatic nitrogens is 2. The second-order valence-electron chi connectivity index (χ2n) is 3.71. The number of terminal acetylenes is 1. The van der Waals surface area contributed by atoms with Crippen molar-refractivity contribution in [3.05, 3.63) is 15.9 Å². The average molecular weight is 298 g/mol. The van der Waals surface area contributed by atoms with Crippen molar-refractivity contribution in [2.24, 2.45) is 7.05 Å². The minimum Gasteiger partial charge on any atom is -0.299 e. The van der Waals surface area contributed by atoms with Crippen LogP contribution in [0.5, 0.6) is 0 Å². The van der Waals surface area contributed by atoms with Crippen LogP contribution in [-0.2, 0) is 24.7 Å². The highest BCUT2D eigenvalue weighted by molar-refractivity contribution is 9.10. The summed E-state index contributed by atoms with van der Waals surface area (Å²) in [5.74, 6) is 2.54. The molecule has 0 saturated carbocycles. The number of rotatable bonds is 6. The Labute approximate surface area is 110 Å². The number of nitrogens with zero attached hydrogens (tertiary/aromatic N) is 2. The third-order valence-electron chi connectivity index (χ3n) is 2.42. The van der Waals surface area contributed by atoms with Crippen molar-refractivity contribution in [1.29, 1.82) is 0 Å². The molecular formula is C12H16BrN3O. The molecule has 5 heteroatoms. The van der Waals surface area contributed by atoms with Crippen LogP contribution >= 0.6 is 15.9 Å². The second-order valence-corrected chi connectivity index (χ2v) is 4.50. The van der Waals surface area contributed by atoms with E-state index in [1.54, 1.807) is 4.68 Å². The van der Waals surface area contributed by atoms with E-state index in [1.165, 1.54) is 0 Å². The fourth-order valence-electron chi connectivity index (χ4n) is 1.54. The van der Waals surface area contributed by atoms with Gasteiger partial charge in [-0.15, -0.1) is 6.42 Å². The summed E-state index contributed by atoms with van der Waals surface area (Å²) < 4.78 is 2.69. The second kappa shape index (κ2) is 6.58. The van der Waals surface area contributed by atoms with Gasteiger partial charge in [-0.1, -0.05) is 12.8 Å². The zero-order valence-corrected chi connectivity index (χ0v) is 11.7. The van der Waals surface area contributed by atoms with Gasteiger partial charge in [-0.05, 0) is 22.4 Å². The van der Waals surface area contributed by atoms with Crippen molar-refractivity contribution in [3.8, 4) is 12.3 Å². The van der Waals surface area contributed by atoms with Gasteiger partial charge in [0, 0.05) is 7.05 Å². The van der Waals surface area contributed by atoms with Crippen LogP contribution in [0.2, 0.25) is 0 Å². The molecule has 0 aromatic carbocycles. The summed E-state index contributed by atoms with van der Waals surface area (Å²) in [4.78, 5) is 11.7. The Balaban J connectivity index is 2.65. The quantitative estimate of drug-likeness (QED) is 0.631. The molecule has 0 saturated heterocycles. The van der Waals surface area contributed by atoms with Gasteiger partial charge in [0.05, 0.1) is 35.4 Å². The largest absolute Gasteiger partial charge is 0.299 e. The van der Waals surface area contributed by atoms with Crippen LogP contribution in [0, 0.1) is 12.3 Å². The van der Waals surface area contributed by atoms with E-state index in [1.807, 2.05) is 14.0 Å². The molecule has 92 valence electrons. The van der Waals surface area contributed by atoms with Gasteiger partial charge in [0.25, 0.3) is 0 Å². The molecule has 0 aliphatic rings. The molecular weight excluding hydrogens is 282 g/mol. The van der Waals surface area contributed by atoms with E-state index in [4.69, 9.17) is 6.42 Å². The minimum absolute atomic E-state index is 0.103. The number of Topliss-reactive ketones (excluding diaryl/α,β-unsaturated/α-hetero) is 1. The van der Waals surface area contributed by atoms with E-state index < -0.39 is 0 Å². The van der Waals surface area contributed by atoms with Crippen LogP contribution < -0.4 is 5.32 Å². The molecule has 4 nitrogen and oxygen atoms in total. The van der Waals surface area contributed by atoms with Crippen molar-refractivity contribution in [1.82, 2.24) is 15.1 Å². The van der Waals surface area contributed by atoms with Gasteiger partial charge in [-0.25, -0.2) is 0 Å². The van der Waals surface area contributed by atoms with E-state index in [0.29, 0.717) is 19.5 Å². The van der Waals surface area contributed by atoms with Crippen molar-refractivity contribution < 1.29 is 4.79 Å². The number of nitrogens with one attached hydrogen (secondary N) is 1. The van der Waals surface area contributed by atoms with Gasteiger partial charge < -0.3 is 0 Å². The van der Waals surface area contributed by atoms with Gasteiger partial charge in [0.2, 0.25) is 0 Å². The lowest BCUT2D eigenvalue weighted by Gasteiger charge is -2.03. The van der Waals surface area contributed by atoms with Crippen LogP contribution in [-0.4, -0.2) is 28.7 Å². The molecule has 0 radical (unpaired) electrons. The van der Waals surface area contributed by atoms with E-state index in [9.17, 15) is 4.79 Å². The minimum atomic E-state index is 0.103. The fourth-order valence-corrected chi connectivity index (χ4v) is 2.29. The maximum atomic E-state index is 11.7. The first-order chi connectivity index (χ1) is 8.10. The zero-order valence-electron chi connectivity index (χ0n) is 10.1. The van der Waals surface area contributed by atoms with Gasteiger partial charge in [-0.3, -0.25) is 14.8 Å². The van der Waals surface area contributed by atoms with Crippen molar-refractivity contribution in [3.63, 3.8) is 0 Å². The molecule has 17 heavy (non-hydrogen) atoms. The van der Waals surface area contributed by atoms with Crippen LogP contribution in [0.3, 0.4) is 0 Å². The standard InChI is InChI=1S/C12H16BrN3O/c1-4-6-14-8-9(17)7-11-12(13)10(5-2)15-16(11)3/h1,14H,5-8H2,2-3H3. The average Bonchev–Trinajstić information content (AvgIpc) is 2.57. The van der Waals surface area contributed by atoms with E-state index >= 15 is 0 Å². The number of carbonyl (C=O) groups excluding carboxylic acids is 1. The zero-order chi connectivity index (χ0) is 12.8. The predicted octanol–water partition coefficient (Wildman–Crippen LogP) is 1.08. The molecule has 0 spiro atoms. The smallest absolute Gasteiger partial charge is 0.152 e. The highest BCUT2D eigenvalue weighted by Crippen LogP contribution is 2.21. The Morgan fingerprint density at radius 2 is 2.35 bits per heavy atom. The first-order valence-corrected chi connectivity index (χ1v) is 6.25. The number of ketones is 1. The number of hydrogen-bond acceptors (Lipinski definition) is 3. The summed E-state index contributed by atoms with van der Waals surface area (Å²) in [6.45, 7) is 2.74. The normalized spacial score (nSPS) is 10.2. The van der Waals surface area contributed by atoms with Crippen molar-refractivity contribution >= 4 is 21.7 Å². The molecule has 1 N–H and O–H groups in total. The van der Waals surface area contributed by atoms with Gasteiger partial charge in [-0.2, -0.15) is 5.10 Å². The number of hydrogen-bond donors (Lipinski definition) is 1. The van der Waals surface area contributed by atoms with Crippen LogP contribution in [0.1, 0.15) is 18.3 Å². The lowest BCUT2D eigenvalue weighted by atomic mass is 10.2. The van der Waals surface area contributed by atoms with Crippen LogP contribution in [0.4, 0.5) is 0 Å². The molecule has 1 heterocycles. The van der Waals surface area contributed by atoms with E-state index in [-0.39, 0.29) is 5.78 Å². The molecule has 0 unspecified atom stereocenters. The van der Waals surface area contributed by atoms with E-state index in [2.05, 4.69) is 32.3 Å². The van der Waals surface area contributed by atoms with E-state index in [0.717, 1.165) is 22.3 Å². The first kappa shape index (κ1) is 13.9. The van der Waals surface area contributed by atoms with Crippen LogP contribution in [0.25, 0.3) is 0 Å². The summed E-state index contributed by atoms with van der Waals surface area (Å²) in [5.41, 5.74) is 1.89. The van der Waals surface area contributed by atoms with Crippen molar-refractivity contribution in [2.75, 3.05) is 13.1 Å². The Kier molecular flexibility index (Phi) is 5.39. The predicted molar refractivity (Wildman–Crippen MR) is 70.7 cm³/mol. The molecule has 0 aliphatic carbocycles. The van der Waals surface area contributed by atoms with Crippen LogP contribution in [0.15, 0.2) is 4.47 Å². The third-order valence-corrected chi connectivity index (χ3v) is 3.33. The number of halogens is 1. The Morgan fingerprint density at radius 1 is 1.65 bits per heavy atom. The van der Waals surface area contributed by atoms with Crippen molar-refractivity contribution in [2.45, 2.75) is 19.8 Å². The number of aryl methyl sites for hydroxylation is 2. The molecule has 0 amide bonds. The summed E-state index contributed by atoms with van der Waals surface area (Å²) in [5, 5.41) is 7.23. The number of carbonyl (C=O) groups is 1. The maximum Gasteiger partial charge on any atom is 0.152 e. The highest BCUT2D eigenvalue weighted by atomic mass is 79.9. The molecule has 0 aliphatic heterocycles. The topological polar surface area (TPSA) is 46.9 Å². The van der Waals surface area contributed by atoms with Gasteiger partial charge in [0.15, 0.2) is 5.78 Å². The summed E-state index contributed by atoms with van der Waals surface area (Å²) >= 11 is 3.48. The maximum absolute atomic E-state index is 11.7. The van der Waals surface area contributed by atoms with Gasteiger partial charge >= 0.3 is 0 Å². The Bertz CT molecular complexity index is 445. The summed E-state index contributed by atoms with van der Waals surface area (Å²) in [6.07, 6.45) is 6.30. The molecule has 1 aromatic rings. The first-order valence-electron chi connectivity index (χ1n) is 5.46. The Hall–Kier alpha value is -1.12. The highest BCUT2D eigenvalue weighted by Gasteiger charge is 2.15. The fraction of sp³-hybridized carbons (Fsp3) is 0.500. The SMILES string of the molecule is C#CCNCC(=O)Cc1c(Br)c(CC)nn1C. The molecule has 1 rings (SSSR count). The molecule has 0 atom stereocenters. The molecule has 0 bridgehead atoms. The summed E-state index contributed by atoms with van der Waals surface area (Å²) in [6, 6.07) is 0. The summed E-state index contributed by atoms with van der Waals surface area (Å²) in [7, 11) is 1.85. The molecule has 1 aromatic heterocycles. The Morgan fingerprint density at radius 3 is 2.88 bits per heavy atom. The van der Waals surface area contributed by atoms with Gasteiger partial charge in [0.1, 0.15) is 0 Å². The third kappa shape index (κ3) is 3.69.